The fraction of sp³-hybridized carbons (Fsp3) is 0.471. The van der Waals surface area contributed by atoms with Gasteiger partial charge in [-0.25, -0.2) is 0 Å². The van der Waals surface area contributed by atoms with Crippen molar-refractivity contribution in [2.24, 2.45) is 5.41 Å². The van der Waals surface area contributed by atoms with Crippen molar-refractivity contribution in [3.8, 4) is 0 Å². The highest BCUT2D eigenvalue weighted by atomic mass is 16.3. The Morgan fingerprint density at radius 2 is 1.90 bits per heavy atom. The topological polar surface area (TPSA) is 62.5 Å². The highest BCUT2D eigenvalue weighted by Crippen LogP contribution is 2.23. The van der Waals surface area contributed by atoms with Gasteiger partial charge in [0.1, 0.15) is 5.58 Å². The molecule has 0 saturated carbocycles. The molecule has 4 heteroatoms. The molecule has 0 aliphatic carbocycles. The third-order valence-corrected chi connectivity index (χ3v) is 3.87. The van der Waals surface area contributed by atoms with Gasteiger partial charge in [-0.1, -0.05) is 13.8 Å². The van der Waals surface area contributed by atoms with Gasteiger partial charge in [0.15, 0.2) is 5.76 Å². The van der Waals surface area contributed by atoms with E-state index in [2.05, 4.69) is 5.32 Å². The quantitative estimate of drug-likeness (QED) is 0.888. The van der Waals surface area contributed by atoms with E-state index in [0.717, 1.165) is 16.5 Å². The van der Waals surface area contributed by atoms with Crippen LogP contribution >= 0.6 is 0 Å². The molecule has 2 rings (SSSR count). The standard InChI is InChI=1S/C17H23NO3/c1-11-7-13-9-15(21-14(13)8-12(11)2)16(20)18-10-17(3,4)5-6-19/h7-9,19H,5-6,10H2,1-4H3,(H,18,20). The van der Waals surface area contributed by atoms with Gasteiger partial charge in [0.2, 0.25) is 0 Å². The second-order valence-electron chi connectivity index (χ2n) is 6.41. The summed E-state index contributed by atoms with van der Waals surface area (Å²) in [6.45, 7) is 8.70. The van der Waals surface area contributed by atoms with Crippen LogP contribution < -0.4 is 5.32 Å². The third-order valence-electron chi connectivity index (χ3n) is 3.87. The van der Waals surface area contributed by atoms with Gasteiger partial charge in [0, 0.05) is 18.5 Å². The Hall–Kier alpha value is -1.81. The van der Waals surface area contributed by atoms with E-state index in [1.54, 1.807) is 6.07 Å². The molecule has 114 valence electrons. The van der Waals surface area contributed by atoms with Gasteiger partial charge < -0.3 is 14.8 Å². The summed E-state index contributed by atoms with van der Waals surface area (Å²) in [7, 11) is 0. The number of nitrogens with one attached hydrogen (secondary N) is 1. The molecular weight excluding hydrogens is 266 g/mol. The highest BCUT2D eigenvalue weighted by Gasteiger charge is 2.20. The first-order valence-corrected chi connectivity index (χ1v) is 7.22. The van der Waals surface area contributed by atoms with E-state index in [1.807, 2.05) is 39.8 Å². The first kappa shape index (κ1) is 15.6. The summed E-state index contributed by atoms with van der Waals surface area (Å²) in [5, 5.41) is 12.8. The Morgan fingerprint density at radius 1 is 1.24 bits per heavy atom. The average Bonchev–Trinajstić information content (AvgIpc) is 2.79. The van der Waals surface area contributed by atoms with Crippen LogP contribution in [0.3, 0.4) is 0 Å². The van der Waals surface area contributed by atoms with E-state index < -0.39 is 0 Å². The Kier molecular flexibility index (Phi) is 4.37. The zero-order valence-corrected chi connectivity index (χ0v) is 13.1. The molecule has 1 aromatic heterocycles. The van der Waals surface area contributed by atoms with Gasteiger partial charge in [-0.15, -0.1) is 0 Å². The Morgan fingerprint density at radius 3 is 2.57 bits per heavy atom. The largest absolute Gasteiger partial charge is 0.451 e. The lowest BCUT2D eigenvalue weighted by Gasteiger charge is -2.23. The van der Waals surface area contributed by atoms with Crippen LogP contribution in [0.2, 0.25) is 0 Å². The number of rotatable bonds is 5. The molecule has 0 unspecified atom stereocenters. The van der Waals surface area contributed by atoms with Crippen LogP contribution in [0.5, 0.6) is 0 Å². The molecule has 0 atom stereocenters. The first-order chi connectivity index (χ1) is 9.82. The maximum atomic E-state index is 12.2. The summed E-state index contributed by atoms with van der Waals surface area (Å²) in [5.41, 5.74) is 2.92. The molecule has 1 heterocycles. The van der Waals surface area contributed by atoms with E-state index in [0.29, 0.717) is 18.7 Å². The summed E-state index contributed by atoms with van der Waals surface area (Å²) in [6.07, 6.45) is 0.645. The van der Waals surface area contributed by atoms with E-state index in [4.69, 9.17) is 9.52 Å². The molecule has 1 amide bonds. The number of furan rings is 1. The Balaban J connectivity index is 2.13. The van der Waals surface area contributed by atoms with Crippen LogP contribution in [0.4, 0.5) is 0 Å². The number of carbonyl (C=O) groups is 1. The first-order valence-electron chi connectivity index (χ1n) is 7.22. The monoisotopic (exact) mass is 289 g/mol. The van der Waals surface area contributed by atoms with Crippen molar-refractivity contribution in [2.75, 3.05) is 13.2 Å². The predicted octanol–water partition coefficient (Wildman–Crippen LogP) is 3.19. The molecule has 2 aromatic rings. The average molecular weight is 289 g/mol. The van der Waals surface area contributed by atoms with Crippen LogP contribution in [0, 0.1) is 19.3 Å². The molecule has 0 fully saturated rings. The SMILES string of the molecule is Cc1cc2cc(C(=O)NCC(C)(C)CCO)oc2cc1C. The Bertz CT molecular complexity index is 616. The van der Waals surface area contributed by atoms with Crippen LogP contribution in [0.25, 0.3) is 11.0 Å². The van der Waals surface area contributed by atoms with Crippen LogP contribution in [0.15, 0.2) is 22.6 Å². The molecule has 0 aliphatic heterocycles. The van der Waals surface area contributed by atoms with Gasteiger partial charge in [0.05, 0.1) is 0 Å². The number of hydrogen-bond donors (Lipinski definition) is 2. The minimum Gasteiger partial charge on any atom is -0.451 e. The van der Waals surface area contributed by atoms with Crippen LogP contribution in [-0.4, -0.2) is 24.2 Å². The minimum atomic E-state index is -0.215. The fourth-order valence-electron chi connectivity index (χ4n) is 2.21. The molecular formula is C17H23NO3. The molecule has 0 spiro atoms. The molecule has 1 aromatic carbocycles. The van der Waals surface area contributed by atoms with Gasteiger partial charge >= 0.3 is 0 Å². The number of aliphatic hydroxyl groups excluding tert-OH is 1. The maximum Gasteiger partial charge on any atom is 0.287 e. The lowest BCUT2D eigenvalue weighted by atomic mass is 9.90. The lowest BCUT2D eigenvalue weighted by Crippen LogP contribution is -2.34. The van der Waals surface area contributed by atoms with E-state index in [1.165, 1.54) is 5.56 Å². The zero-order valence-electron chi connectivity index (χ0n) is 13.1. The Labute approximate surface area is 125 Å². The van der Waals surface area contributed by atoms with Crippen molar-refractivity contribution in [1.82, 2.24) is 5.32 Å². The minimum absolute atomic E-state index is 0.117. The van der Waals surface area contributed by atoms with E-state index >= 15 is 0 Å². The number of amides is 1. The van der Waals surface area contributed by atoms with Crippen LogP contribution in [0.1, 0.15) is 41.9 Å². The molecule has 0 bridgehead atoms. The van der Waals surface area contributed by atoms with E-state index in [9.17, 15) is 4.79 Å². The molecule has 4 nitrogen and oxygen atoms in total. The summed E-state index contributed by atoms with van der Waals surface area (Å²) in [5.74, 6) is 0.113. The summed E-state index contributed by atoms with van der Waals surface area (Å²) in [4.78, 5) is 12.2. The summed E-state index contributed by atoms with van der Waals surface area (Å²) >= 11 is 0. The zero-order chi connectivity index (χ0) is 15.6. The molecule has 21 heavy (non-hydrogen) atoms. The van der Waals surface area contributed by atoms with Crippen molar-refractivity contribution < 1.29 is 14.3 Å². The third kappa shape index (κ3) is 3.64. The number of aliphatic hydroxyl groups is 1. The second kappa shape index (κ2) is 5.90. The van der Waals surface area contributed by atoms with Crippen molar-refractivity contribution in [3.05, 3.63) is 35.1 Å². The fourth-order valence-corrected chi connectivity index (χ4v) is 2.21. The highest BCUT2D eigenvalue weighted by molar-refractivity contribution is 5.96. The predicted molar refractivity (Wildman–Crippen MR) is 83.5 cm³/mol. The van der Waals surface area contributed by atoms with Gasteiger partial charge in [-0.3, -0.25) is 4.79 Å². The van der Waals surface area contributed by atoms with Gasteiger partial charge in [0.25, 0.3) is 5.91 Å². The van der Waals surface area contributed by atoms with Crippen molar-refractivity contribution >= 4 is 16.9 Å². The number of fused-ring (bicyclic) bond motifs is 1. The molecule has 0 aliphatic rings. The maximum absolute atomic E-state index is 12.2. The summed E-state index contributed by atoms with van der Waals surface area (Å²) in [6, 6.07) is 5.76. The molecule has 0 radical (unpaired) electrons. The van der Waals surface area contributed by atoms with E-state index in [-0.39, 0.29) is 17.9 Å². The van der Waals surface area contributed by atoms with Gasteiger partial charge in [-0.2, -0.15) is 0 Å². The van der Waals surface area contributed by atoms with Crippen molar-refractivity contribution in [3.63, 3.8) is 0 Å². The normalized spacial score (nSPS) is 11.9. The van der Waals surface area contributed by atoms with Crippen LogP contribution in [-0.2, 0) is 0 Å². The number of aryl methyl sites for hydroxylation is 2. The molecule has 0 saturated heterocycles. The number of carbonyl (C=O) groups excluding carboxylic acids is 1. The van der Waals surface area contributed by atoms with Crippen molar-refractivity contribution in [2.45, 2.75) is 34.1 Å². The number of benzene rings is 1. The van der Waals surface area contributed by atoms with Gasteiger partial charge in [-0.05, 0) is 55.0 Å². The second-order valence-corrected chi connectivity index (χ2v) is 6.41. The lowest BCUT2D eigenvalue weighted by molar-refractivity contribution is 0.0902. The smallest absolute Gasteiger partial charge is 0.287 e. The number of hydrogen-bond acceptors (Lipinski definition) is 3. The summed E-state index contributed by atoms with van der Waals surface area (Å²) < 4.78 is 5.63. The van der Waals surface area contributed by atoms with Crippen molar-refractivity contribution in [1.29, 1.82) is 0 Å². The molecule has 2 N–H and O–H groups in total.